The molecule has 110 valence electrons. The summed E-state index contributed by atoms with van der Waals surface area (Å²) in [7, 11) is -2.89. The molecule has 0 amide bonds. The zero-order valence-corrected chi connectivity index (χ0v) is 12.5. The van der Waals surface area contributed by atoms with Gasteiger partial charge in [-0.15, -0.1) is 0 Å². The van der Waals surface area contributed by atoms with Crippen molar-refractivity contribution < 1.29 is 32.7 Å². The van der Waals surface area contributed by atoms with Crippen LogP contribution in [0.5, 0.6) is 0 Å². The van der Waals surface area contributed by atoms with Gasteiger partial charge < -0.3 is 9.47 Å². The van der Waals surface area contributed by atoms with Gasteiger partial charge in [0.1, 0.15) is 0 Å². The Hall–Kier alpha value is -1.17. The van der Waals surface area contributed by atoms with Gasteiger partial charge in [0.25, 0.3) is 0 Å². The summed E-state index contributed by atoms with van der Waals surface area (Å²) in [6, 6.07) is 0. The summed E-state index contributed by atoms with van der Waals surface area (Å²) in [6.45, 7) is 8.84. The first-order chi connectivity index (χ1) is 8.64. The lowest BCUT2D eigenvalue weighted by molar-refractivity contribution is -0.159. The minimum atomic E-state index is -2.89. The highest BCUT2D eigenvalue weighted by atomic mass is 31.1. The van der Waals surface area contributed by atoms with Crippen LogP contribution < -0.4 is 0 Å². The number of carbonyl (C=O) groups is 2. The van der Waals surface area contributed by atoms with Crippen LogP contribution in [0.1, 0.15) is 27.7 Å². The molecule has 0 bridgehead atoms. The third-order valence-corrected chi connectivity index (χ3v) is 2.40. The lowest BCUT2D eigenvalue weighted by atomic mass is 9.98. The molecule has 0 saturated heterocycles. The molecule has 1 atom stereocenters. The predicted molar refractivity (Wildman–Crippen MR) is 67.4 cm³/mol. The molecule has 0 radical (unpaired) electrons. The topological polar surface area (TPSA) is 88.1 Å². The summed E-state index contributed by atoms with van der Waals surface area (Å²) in [5.74, 6) is -1.15. The molecule has 0 aromatic rings. The van der Waals surface area contributed by atoms with Crippen LogP contribution in [-0.4, -0.2) is 25.5 Å². The lowest BCUT2D eigenvalue weighted by Crippen LogP contribution is -2.23. The second kappa shape index (κ2) is 8.09. The summed E-state index contributed by atoms with van der Waals surface area (Å²) in [6.07, 6.45) is 0. The van der Waals surface area contributed by atoms with Crippen molar-refractivity contribution in [1.82, 2.24) is 0 Å². The Labute approximate surface area is 112 Å². The molecule has 0 fully saturated rings. The monoisotopic (exact) mass is 294 g/mol. The Balaban J connectivity index is 3.75. The molecule has 1 unspecified atom stereocenters. The van der Waals surface area contributed by atoms with E-state index in [0.717, 1.165) is 0 Å². The average molecular weight is 294 g/mol. The highest BCUT2D eigenvalue weighted by molar-refractivity contribution is 7.33. The molecule has 7 nitrogen and oxygen atoms in total. The van der Waals surface area contributed by atoms with E-state index < -0.39 is 39.2 Å². The van der Waals surface area contributed by atoms with E-state index in [4.69, 9.17) is 4.74 Å². The Kier molecular flexibility index (Phi) is 7.59. The zero-order chi connectivity index (χ0) is 15.1. The maximum atomic E-state index is 11.3. The van der Waals surface area contributed by atoms with Crippen molar-refractivity contribution in [2.45, 2.75) is 27.7 Å². The van der Waals surface area contributed by atoms with E-state index in [1.165, 1.54) is 6.92 Å². The zero-order valence-electron chi connectivity index (χ0n) is 11.5. The van der Waals surface area contributed by atoms with E-state index >= 15 is 0 Å². The molecule has 0 N–H and O–H groups in total. The second-order valence-electron chi connectivity index (χ2n) is 4.67. The molecule has 0 aliphatic heterocycles. The summed E-state index contributed by atoms with van der Waals surface area (Å²) in [5, 5.41) is 0. The Bertz CT molecular complexity index is 370. The average Bonchev–Trinajstić information content (AvgIpc) is 2.27. The molecule has 19 heavy (non-hydrogen) atoms. The van der Waals surface area contributed by atoms with Crippen molar-refractivity contribution in [3.63, 3.8) is 0 Å². The van der Waals surface area contributed by atoms with Gasteiger partial charge in [0.15, 0.2) is 0 Å². The van der Waals surface area contributed by atoms with Crippen LogP contribution in [0.3, 0.4) is 0 Å². The largest absolute Gasteiger partial charge is 0.438 e. The van der Waals surface area contributed by atoms with Crippen LogP contribution >= 0.6 is 8.25 Å². The maximum Gasteiger partial charge on any atom is 0.335 e. The smallest absolute Gasteiger partial charge is 0.335 e. The van der Waals surface area contributed by atoms with E-state index in [9.17, 15) is 14.2 Å². The third-order valence-electron chi connectivity index (χ3n) is 1.69. The van der Waals surface area contributed by atoms with Gasteiger partial charge in [0.2, 0.25) is 13.6 Å². The van der Waals surface area contributed by atoms with Crippen LogP contribution in [0.25, 0.3) is 0 Å². The SMILES string of the molecule is C=C(C)C(=O)OCO[PH](=O)OCOC(=O)C(C)(C)C. The minimum absolute atomic E-state index is 0.197. The van der Waals surface area contributed by atoms with Gasteiger partial charge in [0, 0.05) is 5.57 Å². The maximum absolute atomic E-state index is 11.3. The predicted octanol–water partition coefficient (Wildman–Crippen LogP) is 2.03. The van der Waals surface area contributed by atoms with Crippen LogP contribution in [-0.2, 0) is 32.7 Å². The highest BCUT2D eigenvalue weighted by Gasteiger charge is 2.23. The van der Waals surface area contributed by atoms with Crippen LogP contribution in [0, 0.1) is 5.41 Å². The van der Waals surface area contributed by atoms with Crippen molar-refractivity contribution in [3.8, 4) is 0 Å². The molecule has 0 saturated carbocycles. The number of hydrogen-bond acceptors (Lipinski definition) is 7. The lowest BCUT2D eigenvalue weighted by Gasteiger charge is -2.16. The van der Waals surface area contributed by atoms with Gasteiger partial charge in [-0.2, -0.15) is 0 Å². The fourth-order valence-electron chi connectivity index (χ4n) is 0.644. The summed E-state index contributed by atoms with van der Waals surface area (Å²) >= 11 is 0. The van der Waals surface area contributed by atoms with Crippen molar-refractivity contribution >= 4 is 20.2 Å². The highest BCUT2D eigenvalue weighted by Crippen LogP contribution is 2.24. The Morgan fingerprint density at radius 3 is 2.00 bits per heavy atom. The van der Waals surface area contributed by atoms with E-state index in [1.807, 2.05) is 0 Å². The van der Waals surface area contributed by atoms with Crippen molar-refractivity contribution in [2.75, 3.05) is 13.6 Å². The van der Waals surface area contributed by atoms with Crippen molar-refractivity contribution in [1.29, 1.82) is 0 Å². The number of ether oxygens (including phenoxy) is 2. The molecular formula is C11H19O7P. The standard InChI is InChI=1S/C11H19O7P/c1-8(2)9(12)15-6-17-19(14)18-7-16-10(13)11(3,4)5/h19H,1,6-7H2,2-5H3. The van der Waals surface area contributed by atoms with Crippen molar-refractivity contribution in [3.05, 3.63) is 12.2 Å². The first kappa shape index (κ1) is 17.8. The summed E-state index contributed by atoms with van der Waals surface area (Å²) < 4.78 is 29.6. The van der Waals surface area contributed by atoms with Gasteiger partial charge in [-0.3, -0.25) is 18.4 Å². The Morgan fingerprint density at radius 1 is 1.11 bits per heavy atom. The fourth-order valence-corrected chi connectivity index (χ4v) is 1.04. The van der Waals surface area contributed by atoms with Crippen LogP contribution in [0.15, 0.2) is 12.2 Å². The van der Waals surface area contributed by atoms with Crippen LogP contribution in [0.4, 0.5) is 0 Å². The first-order valence-electron chi connectivity index (χ1n) is 5.44. The fraction of sp³-hybridized carbons (Fsp3) is 0.636. The second-order valence-corrected chi connectivity index (χ2v) is 5.75. The quantitative estimate of drug-likeness (QED) is 0.307. The number of rotatable bonds is 7. The number of hydrogen-bond donors (Lipinski definition) is 0. The van der Waals surface area contributed by atoms with Gasteiger partial charge >= 0.3 is 20.2 Å². The van der Waals surface area contributed by atoms with E-state index in [-0.39, 0.29) is 5.57 Å². The van der Waals surface area contributed by atoms with E-state index in [2.05, 4.69) is 20.4 Å². The normalized spacial score (nSPS) is 12.6. The summed E-state index contributed by atoms with van der Waals surface area (Å²) in [5.41, 5.74) is -0.472. The van der Waals surface area contributed by atoms with Gasteiger partial charge in [0.05, 0.1) is 5.41 Å². The summed E-state index contributed by atoms with van der Waals surface area (Å²) in [4.78, 5) is 22.2. The molecular weight excluding hydrogens is 275 g/mol. The molecule has 0 aliphatic rings. The number of esters is 2. The molecule has 8 heteroatoms. The minimum Gasteiger partial charge on any atom is -0.438 e. The third kappa shape index (κ3) is 8.53. The van der Waals surface area contributed by atoms with E-state index in [0.29, 0.717) is 0 Å². The molecule has 0 heterocycles. The molecule has 0 spiro atoms. The van der Waals surface area contributed by atoms with E-state index in [1.54, 1.807) is 20.8 Å². The molecule has 0 aliphatic carbocycles. The molecule has 0 rings (SSSR count). The Morgan fingerprint density at radius 2 is 1.58 bits per heavy atom. The van der Waals surface area contributed by atoms with Gasteiger partial charge in [-0.1, -0.05) is 6.58 Å². The first-order valence-corrected chi connectivity index (χ1v) is 6.66. The van der Waals surface area contributed by atoms with Crippen LogP contribution in [0.2, 0.25) is 0 Å². The number of carbonyl (C=O) groups excluding carboxylic acids is 2. The molecule has 0 aromatic heterocycles. The van der Waals surface area contributed by atoms with Crippen molar-refractivity contribution in [2.24, 2.45) is 5.41 Å². The molecule has 0 aromatic carbocycles. The van der Waals surface area contributed by atoms with Gasteiger partial charge in [-0.25, -0.2) is 4.79 Å². The van der Waals surface area contributed by atoms with Gasteiger partial charge in [-0.05, 0) is 27.7 Å².